The Balaban J connectivity index is 0.000000224. The summed E-state index contributed by atoms with van der Waals surface area (Å²) >= 11 is 3.46. The minimum absolute atomic E-state index is 0.559. The van der Waals surface area contributed by atoms with Crippen LogP contribution in [0.15, 0.2) is 51.7 Å². The molecule has 2 aromatic heterocycles. The van der Waals surface area contributed by atoms with Gasteiger partial charge in [0, 0.05) is 22.4 Å². The Kier molecular flexibility index (Phi) is 4.52. The molecule has 0 fully saturated rings. The zero-order chi connectivity index (χ0) is 13.7. The molecule has 4 nitrogen and oxygen atoms in total. The van der Waals surface area contributed by atoms with Crippen molar-refractivity contribution in [3.05, 3.63) is 58.6 Å². The SMILES string of the molecule is Cc1noc(-c2ccc(C)c(Br)c2)n1.c1cc[nH]c1. The van der Waals surface area contributed by atoms with Crippen LogP contribution in [-0.2, 0) is 0 Å². The van der Waals surface area contributed by atoms with Gasteiger partial charge in [-0.1, -0.05) is 27.2 Å². The summed E-state index contributed by atoms with van der Waals surface area (Å²) in [6.07, 6.45) is 3.75. The Hall–Kier alpha value is -1.88. The molecule has 0 aliphatic rings. The van der Waals surface area contributed by atoms with Gasteiger partial charge in [0.15, 0.2) is 5.82 Å². The molecule has 0 amide bonds. The van der Waals surface area contributed by atoms with E-state index < -0.39 is 0 Å². The average molecular weight is 320 g/mol. The highest BCUT2D eigenvalue weighted by atomic mass is 79.9. The summed E-state index contributed by atoms with van der Waals surface area (Å²) in [4.78, 5) is 7.01. The largest absolute Gasteiger partial charge is 0.368 e. The summed E-state index contributed by atoms with van der Waals surface area (Å²) in [5, 5.41) is 3.74. The average Bonchev–Trinajstić information content (AvgIpc) is 3.06. The molecule has 0 aliphatic carbocycles. The van der Waals surface area contributed by atoms with Crippen LogP contribution in [0.2, 0.25) is 0 Å². The molecule has 2 heterocycles. The monoisotopic (exact) mass is 319 g/mol. The molecule has 1 aromatic carbocycles. The first kappa shape index (κ1) is 13.5. The molecule has 98 valence electrons. The lowest BCUT2D eigenvalue weighted by atomic mass is 10.1. The number of benzene rings is 1. The molecule has 19 heavy (non-hydrogen) atoms. The van der Waals surface area contributed by atoms with E-state index in [0.29, 0.717) is 11.7 Å². The van der Waals surface area contributed by atoms with Gasteiger partial charge >= 0.3 is 0 Å². The molecule has 3 rings (SSSR count). The second-order valence-corrected chi connectivity index (χ2v) is 4.85. The molecular weight excluding hydrogens is 306 g/mol. The van der Waals surface area contributed by atoms with Crippen LogP contribution < -0.4 is 0 Å². The minimum Gasteiger partial charge on any atom is -0.368 e. The number of rotatable bonds is 1. The summed E-state index contributed by atoms with van der Waals surface area (Å²) < 4.78 is 6.11. The van der Waals surface area contributed by atoms with Gasteiger partial charge in [0.2, 0.25) is 0 Å². The third kappa shape index (κ3) is 3.79. The number of nitrogens with one attached hydrogen (secondary N) is 1. The maximum atomic E-state index is 5.06. The maximum Gasteiger partial charge on any atom is 0.257 e. The minimum atomic E-state index is 0.559. The maximum absolute atomic E-state index is 5.06. The lowest BCUT2D eigenvalue weighted by Gasteiger charge is -1.98. The lowest BCUT2D eigenvalue weighted by molar-refractivity contribution is 0.425. The summed E-state index contributed by atoms with van der Waals surface area (Å²) in [7, 11) is 0. The van der Waals surface area contributed by atoms with Gasteiger partial charge in [-0.3, -0.25) is 0 Å². The quantitative estimate of drug-likeness (QED) is 0.733. The Labute approximate surface area is 120 Å². The Morgan fingerprint density at radius 3 is 2.37 bits per heavy atom. The molecule has 0 saturated carbocycles. The topological polar surface area (TPSA) is 54.7 Å². The standard InChI is InChI=1S/C10H9BrN2O.C4H5N/c1-6-3-4-8(5-9(6)11)10-12-7(2)13-14-10;1-2-4-5-3-1/h3-5H,1-2H3;1-5H. The molecule has 3 aromatic rings. The third-order valence-electron chi connectivity index (χ3n) is 2.44. The van der Waals surface area contributed by atoms with E-state index >= 15 is 0 Å². The number of nitrogens with zero attached hydrogens (tertiary/aromatic N) is 2. The third-order valence-corrected chi connectivity index (χ3v) is 3.30. The number of H-pyrrole nitrogens is 1. The van der Waals surface area contributed by atoms with Crippen LogP contribution >= 0.6 is 15.9 Å². The van der Waals surface area contributed by atoms with Crippen LogP contribution in [0.3, 0.4) is 0 Å². The summed E-state index contributed by atoms with van der Waals surface area (Å²) in [6, 6.07) is 9.84. The zero-order valence-electron chi connectivity index (χ0n) is 10.7. The van der Waals surface area contributed by atoms with Crippen LogP contribution in [0.4, 0.5) is 0 Å². The number of aromatic amines is 1. The number of hydrogen-bond acceptors (Lipinski definition) is 3. The van der Waals surface area contributed by atoms with Gasteiger partial charge < -0.3 is 9.51 Å². The van der Waals surface area contributed by atoms with Gasteiger partial charge in [0.25, 0.3) is 5.89 Å². The van der Waals surface area contributed by atoms with Crippen molar-refractivity contribution < 1.29 is 4.52 Å². The van der Waals surface area contributed by atoms with Crippen LogP contribution in [0.1, 0.15) is 11.4 Å². The molecule has 1 N–H and O–H groups in total. The van der Waals surface area contributed by atoms with E-state index in [0.717, 1.165) is 10.0 Å². The molecular formula is C14H14BrN3O. The molecule has 0 spiro atoms. The van der Waals surface area contributed by atoms with E-state index in [1.165, 1.54) is 5.56 Å². The van der Waals surface area contributed by atoms with E-state index in [4.69, 9.17) is 4.52 Å². The second kappa shape index (κ2) is 6.33. The molecule has 0 aliphatic heterocycles. The van der Waals surface area contributed by atoms with E-state index in [1.807, 2.05) is 49.6 Å². The number of aromatic nitrogens is 3. The predicted molar refractivity (Wildman–Crippen MR) is 77.7 cm³/mol. The van der Waals surface area contributed by atoms with E-state index in [1.54, 1.807) is 6.92 Å². The first-order valence-electron chi connectivity index (χ1n) is 5.81. The van der Waals surface area contributed by atoms with E-state index in [9.17, 15) is 0 Å². The fourth-order valence-electron chi connectivity index (χ4n) is 1.42. The van der Waals surface area contributed by atoms with Crippen molar-refractivity contribution in [2.45, 2.75) is 13.8 Å². The van der Waals surface area contributed by atoms with Gasteiger partial charge in [-0.2, -0.15) is 4.98 Å². The van der Waals surface area contributed by atoms with E-state index in [2.05, 4.69) is 31.1 Å². The van der Waals surface area contributed by atoms with Gasteiger partial charge in [-0.15, -0.1) is 0 Å². The van der Waals surface area contributed by atoms with Crippen molar-refractivity contribution in [1.29, 1.82) is 0 Å². The van der Waals surface area contributed by atoms with Crippen molar-refractivity contribution in [2.75, 3.05) is 0 Å². The highest BCUT2D eigenvalue weighted by molar-refractivity contribution is 9.10. The van der Waals surface area contributed by atoms with Gasteiger partial charge in [-0.05, 0) is 43.7 Å². The van der Waals surface area contributed by atoms with Crippen molar-refractivity contribution in [3.8, 4) is 11.5 Å². The summed E-state index contributed by atoms with van der Waals surface area (Å²) in [5.74, 6) is 1.21. The lowest BCUT2D eigenvalue weighted by Crippen LogP contribution is -1.80. The van der Waals surface area contributed by atoms with Gasteiger partial charge in [-0.25, -0.2) is 0 Å². The van der Waals surface area contributed by atoms with Crippen molar-refractivity contribution >= 4 is 15.9 Å². The van der Waals surface area contributed by atoms with Gasteiger partial charge in [0.05, 0.1) is 0 Å². The predicted octanol–water partition coefficient (Wildman–Crippen LogP) is 4.13. The van der Waals surface area contributed by atoms with E-state index in [-0.39, 0.29) is 0 Å². The van der Waals surface area contributed by atoms with Crippen LogP contribution in [0, 0.1) is 13.8 Å². The van der Waals surface area contributed by atoms with Crippen molar-refractivity contribution in [3.63, 3.8) is 0 Å². The molecule has 0 bridgehead atoms. The van der Waals surface area contributed by atoms with Crippen molar-refractivity contribution in [1.82, 2.24) is 15.1 Å². The fraction of sp³-hybridized carbons (Fsp3) is 0.143. The van der Waals surface area contributed by atoms with Crippen molar-refractivity contribution in [2.24, 2.45) is 0 Å². The number of halogens is 1. The normalized spacial score (nSPS) is 9.84. The molecule has 5 heteroatoms. The fourth-order valence-corrected chi connectivity index (χ4v) is 1.80. The smallest absolute Gasteiger partial charge is 0.257 e. The molecule has 0 unspecified atom stereocenters. The highest BCUT2D eigenvalue weighted by Gasteiger charge is 2.06. The Morgan fingerprint density at radius 1 is 1.16 bits per heavy atom. The van der Waals surface area contributed by atoms with Crippen LogP contribution in [0.25, 0.3) is 11.5 Å². The zero-order valence-corrected chi connectivity index (χ0v) is 12.3. The first-order valence-corrected chi connectivity index (χ1v) is 6.60. The van der Waals surface area contributed by atoms with Gasteiger partial charge in [0.1, 0.15) is 0 Å². The number of aryl methyl sites for hydroxylation is 2. The Bertz CT molecular complexity index is 615. The van der Waals surface area contributed by atoms with Crippen LogP contribution in [-0.4, -0.2) is 15.1 Å². The summed E-state index contributed by atoms with van der Waals surface area (Å²) in [5.41, 5.74) is 2.12. The second-order valence-electron chi connectivity index (χ2n) is 4.00. The first-order chi connectivity index (χ1) is 9.16. The highest BCUT2D eigenvalue weighted by Crippen LogP contribution is 2.24. The molecule has 0 atom stereocenters. The number of hydrogen-bond donors (Lipinski definition) is 1. The Morgan fingerprint density at radius 2 is 1.89 bits per heavy atom. The molecule has 0 saturated heterocycles. The summed E-state index contributed by atoms with van der Waals surface area (Å²) in [6.45, 7) is 3.84. The van der Waals surface area contributed by atoms with Crippen LogP contribution in [0.5, 0.6) is 0 Å². The molecule has 0 radical (unpaired) electrons.